The highest BCUT2D eigenvalue weighted by Crippen LogP contribution is 2.36. The van der Waals surface area contributed by atoms with Crippen LogP contribution in [0.3, 0.4) is 0 Å². The molecule has 4 nitrogen and oxygen atoms in total. The number of aromatic nitrogens is 1. The van der Waals surface area contributed by atoms with Crippen LogP contribution in [0.4, 0.5) is 0 Å². The van der Waals surface area contributed by atoms with Crippen molar-refractivity contribution in [1.82, 2.24) is 4.98 Å². The van der Waals surface area contributed by atoms with Gasteiger partial charge in [0.25, 0.3) is 0 Å². The van der Waals surface area contributed by atoms with E-state index in [9.17, 15) is 0 Å². The van der Waals surface area contributed by atoms with Gasteiger partial charge in [-0.05, 0) is 39.8 Å². The largest absolute Gasteiger partial charge is 0.497 e. The summed E-state index contributed by atoms with van der Waals surface area (Å²) in [6.45, 7) is 11.9. The van der Waals surface area contributed by atoms with Gasteiger partial charge in [0, 0.05) is 5.46 Å². The molecule has 1 aromatic heterocycles. The van der Waals surface area contributed by atoms with E-state index >= 15 is 0 Å². The van der Waals surface area contributed by atoms with Gasteiger partial charge in [0.2, 0.25) is 0 Å². The number of nitrogens with zero attached hydrogens (tertiary/aromatic N) is 1. The summed E-state index contributed by atoms with van der Waals surface area (Å²) in [6, 6.07) is 1.88. The van der Waals surface area contributed by atoms with Gasteiger partial charge in [-0.15, -0.1) is 0 Å². The monoisotopic (exact) mass is 261 g/mol. The van der Waals surface area contributed by atoms with E-state index in [1.165, 1.54) is 0 Å². The van der Waals surface area contributed by atoms with Crippen LogP contribution in [0, 0.1) is 0 Å². The summed E-state index contributed by atoms with van der Waals surface area (Å²) in [5.41, 5.74) is 0.838. The molecule has 2 rings (SSSR count). The van der Waals surface area contributed by atoms with Crippen molar-refractivity contribution in [1.29, 1.82) is 0 Å². The summed E-state index contributed by atoms with van der Waals surface area (Å²) in [6.07, 6.45) is 3.35. The molecular formula is C14H20BNO3. The average molecular weight is 261 g/mol. The molecule has 0 atom stereocenters. The minimum absolute atomic E-state index is 0.376. The highest BCUT2D eigenvalue weighted by molar-refractivity contribution is 6.63. The first kappa shape index (κ1) is 14.1. The Balaban J connectivity index is 2.40. The third-order valence-corrected chi connectivity index (χ3v) is 3.86. The minimum atomic E-state index is -0.458. The van der Waals surface area contributed by atoms with Gasteiger partial charge in [-0.3, -0.25) is 4.98 Å². The Kier molecular flexibility index (Phi) is 3.45. The maximum absolute atomic E-state index is 6.03. The second kappa shape index (κ2) is 4.65. The summed E-state index contributed by atoms with van der Waals surface area (Å²) in [4.78, 5) is 4.31. The van der Waals surface area contributed by atoms with Crippen LogP contribution >= 0.6 is 0 Å². The van der Waals surface area contributed by atoms with Crippen LogP contribution < -0.4 is 10.2 Å². The summed E-state index contributed by atoms with van der Waals surface area (Å²) >= 11 is 0. The van der Waals surface area contributed by atoms with Gasteiger partial charge in [0.15, 0.2) is 0 Å². The van der Waals surface area contributed by atoms with Crippen molar-refractivity contribution in [3.8, 4) is 5.75 Å². The van der Waals surface area contributed by atoms with E-state index in [4.69, 9.17) is 14.0 Å². The van der Waals surface area contributed by atoms with E-state index in [1.807, 2.05) is 33.8 Å². The second-order valence-corrected chi connectivity index (χ2v) is 5.64. The van der Waals surface area contributed by atoms with Crippen molar-refractivity contribution in [2.75, 3.05) is 7.11 Å². The standard InChI is InChI=1S/C14H20BNO3/c1-7-12-11(8-10(17-6)9-16-12)15-18-13(2,3)14(4,5)19-15/h7-9H,1H2,2-6H3. The Morgan fingerprint density at radius 3 is 2.32 bits per heavy atom. The normalized spacial score (nSPS) is 20.4. The maximum Gasteiger partial charge on any atom is 0.497 e. The third-order valence-electron chi connectivity index (χ3n) is 3.86. The first-order chi connectivity index (χ1) is 8.80. The van der Waals surface area contributed by atoms with Gasteiger partial charge >= 0.3 is 7.12 Å². The number of rotatable bonds is 3. The van der Waals surface area contributed by atoms with Crippen molar-refractivity contribution in [3.63, 3.8) is 0 Å². The lowest BCUT2D eigenvalue weighted by atomic mass is 9.77. The quantitative estimate of drug-likeness (QED) is 0.780. The molecule has 0 N–H and O–H groups in total. The molecule has 102 valence electrons. The van der Waals surface area contributed by atoms with Gasteiger partial charge < -0.3 is 14.0 Å². The molecule has 19 heavy (non-hydrogen) atoms. The van der Waals surface area contributed by atoms with Crippen LogP contribution in [0.15, 0.2) is 18.8 Å². The van der Waals surface area contributed by atoms with Crippen molar-refractivity contribution in [3.05, 3.63) is 24.5 Å². The minimum Gasteiger partial charge on any atom is -0.495 e. The van der Waals surface area contributed by atoms with E-state index < -0.39 is 7.12 Å². The molecule has 0 unspecified atom stereocenters. The molecule has 2 heterocycles. The molecule has 1 fully saturated rings. The SMILES string of the molecule is C=Cc1ncc(OC)cc1B1OC(C)(C)C(C)(C)O1. The molecule has 0 saturated carbocycles. The van der Waals surface area contributed by atoms with Crippen LogP contribution in [-0.2, 0) is 9.31 Å². The molecule has 1 saturated heterocycles. The second-order valence-electron chi connectivity index (χ2n) is 5.64. The van der Waals surface area contributed by atoms with Crippen LogP contribution in [-0.4, -0.2) is 30.4 Å². The number of hydrogen-bond donors (Lipinski definition) is 0. The molecule has 0 radical (unpaired) electrons. The molecule has 0 spiro atoms. The number of hydrogen-bond acceptors (Lipinski definition) is 4. The molecule has 0 amide bonds. The summed E-state index contributed by atoms with van der Waals surface area (Å²) in [7, 11) is 1.15. The maximum atomic E-state index is 6.03. The van der Waals surface area contributed by atoms with Crippen molar-refractivity contribution < 1.29 is 14.0 Å². The first-order valence-corrected chi connectivity index (χ1v) is 6.33. The Morgan fingerprint density at radius 2 is 1.84 bits per heavy atom. The summed E-state index contributed by atoms with van der Waals surface area (Å²) in [5.74, 6) is 0.676. The van der Waals surface area contributed by atoms with E-state index in [2.05, 4.69) is 11.6 Å². The van der Waals surface area contributed by atoms with Gasteiger partial charge in [-0.25, -0.2) is 0 Å². The highest BCUT2D eigenvalue weighted by atomic mass is 16.7. The molecular weight excluding hydrogens is 241 g/mol. The zero-order chi connectivity index (χ0) is 14.3. The molecule has 0 aromatic carbocycles. The van der Waals surface area contributed by atoms with Gasteiger partial charge in [0.1, 0.15) is 5.75 Å². The van der Waals surface area contributed by atoms with Crippen LogP contribution in [0.5, 0.6) is 5.75 Å². The molecule has 0 bridgehead atoms. The topological polar surface area (TPSA) is 40.6 Å². The Morgan fingerprint density at radius 1 is 1.26 bits per heavy atom. The fourth-order valence-electron chi connectivity index (χ4n) is 1.91. The molecule has 1 aliphatic heterocycles. The number of ether oxygens (including phenoxy) is 1. The lowest BCUT2D eigenvalue weighted by Crippen LogP contribution is -2.41. The molecule has 5 heteroatoms. The fraction of sp³-hybridized carbons (Fsp3) is 0.500. The molecule has 0 aliphatic carbocycles. The van der Waals surface area contributed by atoms with Crippen molar-refractivity contribution >= 4 is 18.7 Å². The summed E-state index contributed by atoms with van der Waals surface area (Å²) in [5, 5.41) is 0. The highest BCUT2D eigenvalue weighted by Gasteiger charge is 2.52. The Hall–Kier alpha value is -1.33. The molecule has 1 aliphatic rings. The fourth-order valence-corrected chi connectivity index (χ4v) is 1.91. The van der Waals surface area contributed by atoms with E-state index in [0.29, 0.717) is 5.75 Å². The number of pyridine rings is 1. The van der Waals surface area contributed by atoms with Gasteiger partial charge in [-0.2, -0.15) is 0 Å². The van der Waals surface area contributed by atoms with E-state index in [0.717, 1.165) is 11.2 Å². The molecule has 1 aromatic rings. The zero-order valence-electron chi connectivity index (χ0n) is 12.2. The Bertz CT molecular complexity index is 483. The lowest BCUT2D eigenvalue weighted by molar-refractivity contribution is 0.00578. The van der Waals surface area contributed by atoms with E-state index in [1.54, 1.807) is 19.4 Å². The van der Waals surface area contributed by atoms with Crippen molar-refractivity contribution in [2.24, 2.45) is 0 Å². The van der Waals surface area contributed by atoms with Crippen molar-refractivity contribution in [2.45, 2.75) is 38.9 Å². The Labute approximate surface area is 114 Å². The van der Waals surface area contributed by atoms with Crippen LogP contribution in [0.25, 0.3) is 6.08 Å². The first-order valence-electron chi connectivity index (χ1n) is 6.33. The van der Waals surface area contributed by atoms with Gasteiger partial charge in [-0.1, -0.05) is 6.58 Å². The average Bonchev–Trinajstić information content (AvgIpc) is 2.57. The lowest BCUT2D eigenvalue weighted by Gasteiger charge is -2.32. The summed E-state index contributed by atoms with van der Waals surface area (Å²) < 4.78 is 17.3. The predicted molar refractivity (Wildman–Crippen MR) is 76.6 cm³/mol. The van der Waals surface area contributed by atoms with Gasteiger partial charge in [0.05, 0.1) is 30.2 Å². The van der Waals surface area contributed by atoms with E-state index in [-0.39, 0.29) is 11.2 Å². The third kappa shape index (κ3) is 2.40. The predicted octanol–water partition coefficient (Wildman–Crippen LogP) is 2.03. The van der Waals surface area contributed by atoms with Crippen LogP contribution in [0.2, 0.25) is 0 Å². The number of methoxy groups -OCH3 is 1. The smallest absolute Gasteiger partial charge is 0.495 e. The van der Waals surface area contributed by atoms with Crippen LogP contribution in [0.1, 0.15) is 33.4 Å². The zero-order valence-corrected chi connectivity index (χ0v) is 12.2.